The first-order valence-corrected chi connectivity index (χ1v) is 4.46. The third-order valence-corrected chi connectivity index (χ3v) is 2.48. The molecular weight excluding hydrogens is 190 g/mol. The highest BCUT2D eigenvalue weighted by Gasteiger charge is 2.17. The van der Waals surface area contributed by atoms with E-state index in [2.05, 4.69) is 9.94 Å². The average Bonchev–Trinajstić information content (AvgIpc) is 2.27. The summed E-state index contributed by atoms with van der Waals surface area (Å²) in [6.45, 7) is 4.38. The summed E-state index contributed by atoms with van der Waals surface area (Å²) in [5.41, 5.74) is 1.94. The molecule has 1 rings (SSSR count). The summed E-state index contributed by atoms with van der Waals surface area (Å²) in [7, 11) is 1.81. The molecule has 74 valence electrons. The fourth-order valence-electron chi connectivity index (χ4n) is 1.43. The largest absolute Gasteiger partial charge is 0.304 e. The molecule has 0 aliphatic rings. The number of nitrogens with two attached hydrogens (primary N) is 1. The molecule has 1 heterocycles. The van der Waals surface area contributed by atoms with Gasteiger partial charge in [0, 0.05) is 18.5 Å². The van der Waals surface area contributed by atoms with Crippen molar-refractivity contribution in [1.82, 2.24) is 9.78 Å². The summed E-state index contributed by atoms with van der Waals surface area (Å²) < 4.78 is 1.65. The van der Waals surface area contributed by atoms with E-state index in [1.807, 2.05) is 20.9 Å². The van der Waals surface area contributed by atoms with E-state index in [1.165, 1.54) is 0 Å². The molecule has 0 spiro atoms. The van der Waals surface area contributed by atoms with Crippen molar-refractivity contribution < 1.29 is 4.84 Å². The first kappa shape index (κ1) is 10.5. The summed E-state index contributed by atoms with van der Waals surface area (Å²) in [6, 6.07) is 0. The first-order valence-electron chi connectivity index (χ1n) is 4.08. The van der Waals surface area contributed by atoms with Crippen LogP contribution < -0.4 is 5.90 Å². The van der Waals surface area contributed by atoms with Crippen molar-refractivity contribution >= 4 is 11.6 Å². The molecule has 1 unspecified atom stereocenters. The average molecular weight is 204 g/mol. The Balaban J connectivity index is 2.98. The van der Waals surface area contributed by atoms with Gasteiger partial charge >= 0.3 is 0 Å². The van der Waals surface area contributed by atoms with Gasteiger partial charge in [0.15, 0.2) is 0 Å². The second kappa shape index (κ2) is 4.09. The lowest BCUT2D eigenvalue weighted by molar-refractivity contribution is 0.126. The Kier molecular flexibility index (Phi) is 3.30. The fourth-order valence-corrected chi connectivity index (χ4v) is 1.79. The molecule has 5 heteroatoms. The number of aryl methyl sites for hydroxylation is 2. The highest BCUT2D eigenvalue weighted by Crippen LogP contribution is 2.26. The molecule has 2 N–H and O–H groups in total. The smallest absolute Gasteiger partial charge is 0.130 e. The van der Waals surface area contributed by atoms with Crippen LogP contribution in [0.25, 0.3) is 0 Å². The second-order valence-corrected chi connectivity index (χ2v) is 3.51. The lowest BCUT2D eigenvalue weighted by Crippen LogP contribution is -2.09. The van der Waals surface area contributed by atoms with Gasteiger partial charge < -0.3 is 4.84 Å². The predicted molar refractivity (Wildman–Crippen MR) is 51.5 cm³/mol. The van der Waals surface area contributed by atoms with Crippen LogP contribution in [0.5, 0.6) is 0 Å². The first-order chi connectivity index (χ1) is 6.07. The van der Waals surface area contributed by atoms with Gasteiger partial charge in [0.05, 0.1) is 12.3 Å². The van der Waals surface area contributed by atoms with Crippen molar-refractivity contribution in [3.8, 4) is 0 Å². The van der Waals surface area contributed by atoms with Crippen LogP contribution in [0.3, 0.4) is 0 Å². The Bertz CT molecular complexity index is 298. The van der Waals surface area contributed by atoms with Crippen LogP contribution in [0.15, 0.2) is 0 Å². The van der Waals surface area contributed by atoms with E-state index in [1.54, 1.807) is 4.68 Å². The number of hydrogen-bond donors (Lipinski definition) is 1. The number of rotatable bonds is 3. The molecule has 0 aliphatic heterocycles. The molecule has 13 heavy (non-hydrogen) atoms. The zero-order valence-electron chi connectivity index (χ0n) is 8.04. The minimum Gasteiger partial charge on any atom is -0.304 e. The van der Waals surface area contributed by atoms with Crippen LogP contribution in [0.2, 0.25) is 5.15 Å². The van der Waals surface area contributed by atoms with Gasteiger partial charge in [-0.2, -0.15) is 5.10 Å². The Hall–Kier alpha value is -0.580. The van der Waals surface area contributed by atoms with Crippen molar-refractivity contribution in [3.63, 3.8) is 0 Å². The Morgan fingerprint density at radius 1 is 1.69 bits per heavy atom. The van der Waals surface area contributed by atoms with Crippen LogP contribution in [0.4, 0.5) is 0 Å². The molecule has 0 aliphatic carbocycles. The van der Waals surface area contributed by atoms with Gasteiger partial charge in [-0.25, -0.2) is 5.90 Å². The molecule has 4 nitrogen and oxygen atoms in total. The zero-order chi connectivity index (χ0) is 10.0. The van der Waals surface area contributed by atoms with E-state index >= 15 is 0 Å². The summed E-state index contributed by atoms with van der Waals surface area (Å²) in [5, 5.41) is 4.86. The molecule has 0 fully saturated rings. The van der Waals surface area contributed by atoms with E-state index in [0.29, 0.717) is 11.8 Å². The third kappa shape index (κ3) is 2.02. The molecule has 0 bridgehead atoms. The van der Waals surface area contributed by atoms with Crippen molar-refractivity contribution in [2.24, 2.45) is 12.9 Å². The van der Waals surface area contributed by atoms with E-state index in [9.17, 15) is 0 Å². The van der Waals surface area contributed by atoms with Crippen molar-refractivity contribution in [3.05, 3.63) is 16.4 Å². The summed E-state index contributed by atoms with van der Waals surface area (Å²) in [4.78, 5) is 4.58. The van der Waals surface area contributed by atoms with Gasteiger partial charge in [-0.3, -0.25) is 4.68 Å². The monoisotopic (exact) mass is 203 g/mol. The SMILES string of the molecule is Cc1nn(C)c(Cl)c1C(C)CON. The molecule has 0 aromatic carbocycles. The van der Waals surface area contributed by atoms with Gasteiger partial charge in [0.1, 0.15) is 5.15 Å². The fraction of sp³-hybridized carbons (Fsp3) is 0.625. The van der Waals surface area contributed by atoms with Crippen molar-refractivity contribution in [2.45, 2.75) is 19.8 Å². The zero-order valence-corrected chi connectivity index (χ0v) is 8.80. The Morgan fingerprint density at radius 3 is 2.69 bits per heavy atom. The minimum absolute atomic E-state index is 0.172. The molecule has 0 saturated heterocycles. The highest BCUT2D eigenvalue weighted by molar-refractivity contribution is 6.30. The maximum atomic E-state index is 6.05. The molecule has 0 amide bonds. The van der Waals surface area contributed by atoms with Crippen molar-refractivity contribution in [1.29, 1.82) is 0 Å². The maximum Gasteiger partial charge on any atom is 0.130 e. The summed E-state index contributed by atoms with van der Waals surface area (Å²) in [6.07, 6.45) is 0. The van der Waals surface area contributed by atoms with Crippen LogP contribution in [-0.4, -0.2) is 16.4 Å². The van der Waals surface area contributed by atoms with E-state index in [-0.39, 0.29) is 5.92 Å². The van der Waals surface area contributed by atoms with E-state index in [0.717, 1.165) is 11.3 Å². The molecule has 1 atom stereocenters. The van der Waals surface area contributed by atoms with Gasteiger partial charge in [-0.15, -0.1) is 0 Å². The molecule has 0 radical (unpaired) electrons. The third-order valence-electron chi connectivity index (χ3n) is 2.04. The maximum absolute atomic E-state index is 6.05. The topological polar surface area (TPSA) is 53.1 Å². The lowest BCUT2D eigenvalue weighted by atomic mass is 10.0. The molecular formula is C8H14ClN3O. The van der Waals surface area contributed by atoms with Gasteiger partial charge in [0.2, 0.25) is 0 Å². The second-order valence-electron chi connectivity index (χ2n) is 3.15. The Labute approximate surface area is 82.6 Å². The molecule has 1 aromatic rings. The van der Waals surface area contributed by atoms with Crippen molar-refractivity contribution in [2.75, 3.05) is 6.61 Å². The summed E-state index contributed by atoms with van der Waals surface area (Å²) in [5.74, 6) is 5.18. The van der Waals surface area contributed by atoms with Crippen LogP contribution in [0, 0.1) is 6.92 Å². The minimum atomic E-state index is 0.172. The van der Waals surface area contributed by atoms with Crippen LogP contribution >= 0.6 is 11.6 Å². The number of nitrogens with zero attached hydrogens (tertiary/aromatic N) is 2. The number of halogens is 1. The molecule has 1 aromatic heterocycles. The molecule has 0 saturated carbocycles. The quantitative estimate of drug-likeness (QED) is 0.756. The lowest BCUT2D eigenvalue weighted by Gasteiger charge is -2.08. The predicted octanol–water partition coefficient (Wildman–Crippen LogP) is 1.38. The van der Waals surface area contributed by atoms with E-state index < -0.39 is 0 Å². The Morgan fingerprint density at radius 2 is 2.31 bits per heavy atom. The summed E-state index contributed by atoms with van der Waals surface area (Å²) >= 11 is 6.05. The van der Waals surface area contributed by atoms with E-state index in [4.69, 9.17) is 17.5 Å². The number of hydrogen-bond acceptors (Lipinski definition) is 3. The normalized spacial score (nSPS) is 13.3. The van der Waals surface area contributed by atoms with Crippen LogP contribution in [0.1, 0.15) is 24.1 Å². The number of aromatic nitrogens is 2. The van der Waals surface area contributed by atoms with Gasteiger partial charge in [-0.1, -0.05) is 18.5 Å². The standard InChI is InChI=1S/C8H14ClN3O/c1-5(4-13-10)7-6(2)11-12(3)8(7)9/h5H,4,10H2,1-3H3. The highest BCUT2D eigenvalue weighted by atomic mass is 35.5. The van der Waals surface area contributed by atoms with Crippen LogP contribution in [-0.2, 0) is 11.9 Å². The van der Waals surface area contributed by atoms with Gasteiger partial charge in [0.25, 0.3) is 0 Å². The van der Waals surface area contributed by atoms with Gasteiger partial charge in [-0.05, 0) is 6.92 Å².